The van der Waals surface area contributed by atoms with Gasteiger partial charge in [0, 0.05) is 24.6 Å². The van der Waals surface area contributed by atoms with Crippen molar-refractivity contribution in [2.75, 3.05) is 13.2 Å². The lowest BCUT2D eigenvalue weighted by atomic mass is 10.1. The first-order chi connectivity index (χ1) is 9.23. The summed E-state index contributed by atoms with van der Waals surface area (Å²) < 4.78 is 7.58. The molecule has 0 bridgehead atoms. The van der Waals surface area contributed by atoms with Gasteiger partial charge in [-0.25, -0.2) is 0 Å². The van der Waals surface area contributed by atoms with Crippen molar-refractivity contribution in [3.8, 4) is 5.75 Å². The van der Waals surface area contributed by atoms with Gasteiger partial charge in [-0.2, -0.15) is 0 Å². The third kappa shape index (κ3) is 6.12. The van der Waals surface area contributed by atoms with Gasteiger partial charge in [0.25, 0.3) is 0 Å². The molecule has 0 spiro atoms. The number of rotatable bonds is 6. The minimum absolute atomic E-state index is 0.0880. The molecule has 0 saturated heterocycles. The molecule has 0 aliphatic carbocycles. The highest BCUT2D eigenvalue weighted by Gasteiger charge is 2.13. The zero-order valence-electron chi connectivity index (χ0n) is 12.5. The molecule has 0 amide bonds. The van der Waals surface area contributed by atoms with Crippen LogP contribution in [0.25, 0.3) is 0 Å². The number of hydrogen-bond acceptors (Lipinski definition) is 3. The SMILES string of the molecule is CC(CO)COc1c(Br)cc(CNC(C)(C)C)cc1Br. The number of hydrogen-bond donors (Lipinski definition) is 2. The topological polar surface area (TPSA) is 41.5 Å². The van der Waals surface area contributed by atoms with E-state index in [1.807, 2.05) is 6.92 Å². The maximum Gasteiger partial charge on any atom is 0.147 e. The monoisotopic (exact) mass is 407 g/mol. The molecule has 2 N–H and O–H groups in total. The predicted molar refractivity (Wildman–Crippen MR) is 90.2 cm³/mol. The van der Waals surface area contributed by atoms with Gasteiger partial charge in [-0.1, -0.05) is 6.92 Å². The van der Waals surface area contributed by atoms with Gasteiger partial charge in [-0.3, -0.25) is 0 Å². The lowest BCUT2D eigenvalue weighted by Crippen LogP contribution is -2.35. The quantitative estimate of drug-likeness (QED) is 0.744. The van der Waals surface area contributed by atoms with Crippen molar-refractivity contribution >= 4 is 31.9 Å². The summed E-state index contributed by atoms with van der Waals surface area (Å²) in [7, 11) is 0. The summed E-state index contributed by atoms with van der Waals surface area (Å²) in [4.78, 5) is 0. The Morgan fingerprint density at radius 1 is 1.25 bits per heavy atom. The van der Waals surface area contributed by atoms with Crippen LogP contribution in [-0.2, 0) is 6.54 Å². The van der Waals surface area contributed by atoms with E-state index in [-0.39, 0.29) is 18.1 Å². The fraction of sp³-hybridized carbons (Fsp3) is 0.600. The fourth-order valence-corrected chi connectivity index (χ4v) is 3.01. The molecule has 20 heavy (non-hydrogen) atoms. The molecule has 0 aliphatic rings. The average Bonchev–Trinajstić information content (AvgIpc) is 2.34. The van der Waals surface area contributed by atoms with Gasteiger partial charge in [-0.05, 0) is 70.3 Å². The molecule has 5 heteroatoms. The molecular weight excluding hydrogens is 386 g/mol. The number of aliphatic hydroxyl groups is 1. The van der Waals surface area contributed by atoms with Crippen molar-refractivity contribution in [2.24, 2.45) is 5.92 Å². The van der Waals surface area contributed by atoms with Crippen molar-refractivity contribution < 1.29 is 9.84 Å². The molecule has 0 aliphatic heterocycles. The predicted octanol–water partition coefficient (Wildman–Crippen LogP) is 4.11. The molecule has 114 valence electrons. The summed E-state index contributed by atoms with van der Waals surface area (Å²) in [5.41, 5.74) is 1.27. The fourth-order valence-electron chi connectivity index (χ4n) is 1.50. The zero-order chi connectivity index (χ0) is 15.3. The van der Waals surface area contributed by atoms with Crippen molar-refractivity contribution in [1.82, 2.24) is 5.32 Å². The third-order valence-electron chi connectivity index (χ3n) is 2.70. The molecule has 1 rings (SSSR count). The molecule has 3 nitrogen and oxygen atoms in total. The van der Waals surface area contributed by atoms with E-state index in [2.05, 4.69) is 70.1 Å². The number of nitrogens with one attached hydrogen (secondary N) is 1. The Labute approximate surface area is 138 Å². The van der Waals surface area contributed by atoms with Crippen LogP contribution >= 0.6 is 31.9 Å². The van der Waals surface area contributed by atoms with Gasteiger partial charge >= 0.3 is 0 Å². The molecule has 1 unspecified atom stereocenters. The van der Waals surface area contributed by atoms with Gasteiger partial charge in [0.1, 0.15) is 5.75 Å². The van der Waals surface area contributed by atoms with Crippen molar-refractivity contribution in [3.63, 3.8) is 0 Å². The molecule has 0 radical (unpaired) electrons. The Balaban J connectivity index is 2.76. The number of halogens is 2. The molecule has 1 atom stereocenters. The van der Waals surface area contributed by atoms with E-state index in [0.29, 0.717) is 6.61 Å². The second kappa shape index (κ2) is 7.78. The smallest absolute Gasteiger partial charge is 0.147 e. The molecule has 1 aromatic rings. The Bertz CT molecular complexity index is 421. The maximum atomic E-state index is 9.03. The molecule has 0 saturated carbocycles. The first-order valence-electron chi connectivity index (χ1n) is 6.69. The highest BCUT2D eigenvalue weighted by atomic mass is 79.9. The first kappa shape index (κ1) is 18.0. The Morgan fingerprint density at radius 2 is 1.80 bits per heavy atom. The number of benzene rings is 1. The van der Waals surface area contributed by atoms with Gasteiger partial charge in [0.2, 0.25) is 0 Å². The van der Waals surface area contributed by atoms with E-state index in [9.17, 15) is 0 Å². The van der Waals surface area contributed by atoms with Crippen molar-refractivity contribution in [2.45, 2.75) is 39.8 Å². The van der Waals surface area contributed by atoms with Crippen LogP contribution in [0.4, 0.5) is 0 Å². The van der Waals surface area contributed by atoms with Gasteiger partial charge in [0.15, 0.2) is 0 Å². The molecular formula is C15H23Br2NO2. The normalized spacial score (nSPS) is 13.3. The average molecular weight is 409 g/mol. The van der Waals surface area contributed by atoms with E-state index in [1.165, 1.54) is 5.56 Å². The summed E-state index contributed by atoms with van der Waals surface area (Å²) >= 11 is 7.09. The van der Waals surface area contributed by atoms with Crippen LogP contribution in [-0.4, -0.2) is 23.9 Å². The Hall–Kier alpha value is -0.100. The summed E-state index contributed by atoms with van der Waals surface area (Å²) in [5, 5.41) is 12.5. The molecule has 0 heterocycles. The van der Waals surface area contributed by atoms with Crippen LogP contribution in [0.2, 0.25) is 0 Å². The van der Waals surface area contributed by atoms with Crippen LogP contribution in [0.3, 0.4) is 0 Å². The minimum atomic E-state index is 0.0880. The van der Waals surface area contributed by atoms with E-state index in [4.69, 9.17) is 9.84 Å². The Kier molecular flexibility index (Phi) is 6.98. The summed E-state index contributed by atoms with van der Waals surface area (Å²) in [5.74, 6) is 0.904. The summed E-state index contributed by atoms with van der Waals surface area (Å²) in [6.07, 6.45) is 0. The third-order valence-corrected chi connectivity index (χ3v) is 3.88. The zero-order valence-corrected chi connectivity index (χ0v) is 15.6. The highest BCUT2D eigenvalue weighted by Crippen LogP contribution is 2.35. The van der Waals surface area contributed by atoms with E-state index >= 15 is 0 Å². The van der Waals surface area contributed by atoms with Crippen LogP contribution in [0.15, 0.2) is 21.1 Å². The van der Waals surface area contributed by atoms with Crippen molar-refractivity contribution in [1.29, 1.82) is 0 Å². The molecule has 1 aromatic carbocycles. The van der Waals surface area contributed by atoms with E-state index in [1.54, 1.807) is 0 Å². The maximum absolute atomic E-state index is 9.03. The standard InChI is InChI=1S/C15H23Br2NO2/c1-10(8-19)9-20-14-12(16)5-11(6-13(14)17)7-18-15(2,3)4/h5-6,10,18-19H,7-9H2,1-4H3. The lowest BCUT2D eigenvalue weighted by Gasteiger charge is -2.21. The molecule has 0 fully saturated rings. The van der Waals surface area contributed by atoms with Crippen LogP contribution in [0.5, 0.6) is 5.75 Å². The first-order valence-corrected chi connectivity index (χ1v) is 8.28. The number of ether oxygens (including phenoxy) is 1. The second-order valence-corrected chi connectivity index (χ2v) is 7.80. The number of aliphatic hydroxyl groups excluding tert-OH is 1. The van der Waals surface area contributed by atoms with Gasteiger partial charge in [0.05, 0.1) is 15.6 Å². The lowest BCUT2D eigenvalue weighted by molar-refractivity contribution is 0.173. The van der Waals surface area contributed by atoms with Crippen LogP contribution in [0, 0.1) is 5.92 Å². The van der Waals surface area contributed by atoms with Crippen LogP contribution < -0.4 is 10.1 Å². The van der Waals surface area contributed by atoms with Crippen molar-refractivity contribution in [3.05, 3.63) is 26.6 Å². The van der Waals surface area contributed by atoms with E-state index in [0.717, 1.165) is 21.2 Å². The van der Waals surface area contributed by atoms with E-state index < -0.39 is 0 Å². The van der Waals surface area contributed by atoms with Crippen LogP contribution in [0.1, 0.15) is 33.3 Å². The largest absolute Gasteiger partial charge is 0.491 e. The second-order valence-electron chi connectivity index (χ2n) is 6.09. The summed E-state index contributed by atoms with van der Waals surface area (Å²) in [6.45, 7) is 9.80. The molecule has 0 aromatic heterocycles. The Morgan fingerprint density at radius 3 is 2.25 bits per heavy atom. The minimum Gasteiger partial charge on any atom is -0.491 e. The highest BCUT2D eigenvalue weighted by molar-refractivity contribution is 9.11. The van der Waals surface area contributed by atoms with Gasteiger partial charge in [-0.15, -0.1) is 0 Å². The van der Waals surface area contributed by atoms with Gasteiger partial charge < -0.3 is 15.2 Å². The summed E-state index contributed by atoms with van der Waals surface area (Å²) in [6, 6.07) is 4.12.